The molecular formula is C33H45N5O4S2. The number of hydrazine groups is 1. The first kappa shape index (κ1) is 33.6. The summed E-state index contributed by atoms with van der Waals surface area (Å²) in [5, 5.41) is 3.18. The van der Waals surface area contributed by atoms with E-state index in [9.17, 15) is 13.2 Å². The van der Waals surface area contributed by atoms with Gasteiger partial charge < -0.3 is 15.5 Å². The van der Waals surface area contributed by atoms with Crippen LogP contribution in [0, 0.1) is 18.3 Å². The zero-order valence-electron chi connectivity index (χ0n) is 26.3. The number of esters is 1. The third kappa shape index (κ3) is 7.87. The molecule has 0 amide bonds. The van der Waals surface area contributed by atoms with E-state index < -0.39 is 15.4 Å². The number of aromatic nitrogens is 1. The van der Waals surface area contributed by atoms with Crippen molar-refractivity contribution in [3.05, 3.63) is 93.2 Å². The van der Waals surface area contributed by atoms with Crippen LogP contribution in [0.25, 0.3) is 0 Å². The van der Waals surface area contributed by atoms with Crippen LogP contribution < -0.4 is 16.6 Å². The lowest BCUT2D eigenvalue weighted by molar-refractivity contribution is -0.156. The molecule has 0 radical (unpaired) electrons. The van der Waals surface area contributed by atoms with Crippen molar-refractivity contribution in [3.63, 3.8) is 0 Å². The predicted octanol–water partition coefficient (Wildman–Crippen LogP) is 5.38. The monoisotopic (exact) mass is 639 g/mol. The molecule has 44 heavy (non-hydrogen) atoms. The Morgan fingerprint density at radius 2 is 2.00 bits per heavy atom. The Bertz CT molecular complexity index is 1550. The molecule has 0 saturated heterocycles. The van der Waals surface area contributed by atoms with Crippen molar-refractivity contribution in [1.29, 1.82) is 0 Å². The van der Waals surface area contributed by atoms with Gasteiger partial charge in [-0.25, -0.2) is 8.42 Å². The highest BCUT2D eigenvalue weighted by molar-refractivity contribution is 7.89. The zero-order valence-corrected chi connectivity index (χ0v) is 27.9. The normalized spacial score (nSPS) is 17.8. The van der Waals surface area contributed by atoms with Crippen LogP contribution in [0.4, 0.5) is 0 Å². The number of pyridine rings is 1. The molecule has 9 nitrogen and oxygen atoms in total. The number of aryl methyl sites for hydroxylation is 1. The van der Waals surface area contributed by atoms with Crippen LogP contribution in [0.15, 0.2) is 71.5 Å². The molecule has 238 valence electrons. The summed E-state index contributed by atoms with van der Waals surface area (Å²) in [6.07, 6.45) is 5.36. The van der Waals surface area contributed by atoms with Crippen LogP contribution >= 0.6 is 11.3 Å². The molecule has 2 atom stereocenters. The van der Waals surface area contributed by atoms with Gasteiger partial charge in [0.25, 0.3) is 0 Å². The Morgan fingerprint density at radius 3 is 2.70 bits per heavy atom. The van der Waals surface area contributed by atoms with Gasteiger partial charge in [0.1, 0.15) is 11.5 Å². The smallest absolute Gasteiger partial charge is 0.312 e. The van der Waals surface area contributed by atoms with Crippen LogP contribution in [-0.4, -0.2) is 36.8 Å². The molecular weight excluding hydrogens is 595 g/mol. The lowest BCUT2D eigenvalue weighted by atomic mass is 9.75. The molecule has 1 aromatic carbocycles. The highest BCUT2D eigenvalue weighted by Crippen LogP contribution is 2.45. The maximum atomic E-state index is 13.8. The predicted molar refractivity (Wildman–Crippen MR) is 175 cm³/mol. The number of hydrogen-bond acceptors (Lipinski definition) is 9. The molecule has 1 aliphatic rings. The van der Waals surface area contributed by atoms with Gasteiger partial charge in [-0.05, 0) is 82.2 Å². The maximum absolute atomic E-state index is 13.8. The Kier molecular flexibility index (Phi) is 11.2. The quantitative estimate of drug-likeness (QED) is 0.129. The maximum Gasteiger partial charge on any atom is 0.312 e. The number of hydrogen-bond donors (Lipinski definition) is 3. The van der Waals surface area contributed by atoms with Crippen molar-refractivity contribution < 1.29 is 17.9 Å². The molecule has 0 unspecified atom stereocenters. The minimum Gasteiger partial charge on any atom is -0.460 e. The number of thiophene rings is 1. The van der Waals surface area contributed by atoms with Crippen molar-refractivity contribution in [2.24, 2.45) is 17.2 Å². The van der Waals surface area contributed by atoms with Crippen molar-refractivity contribution in [2.75, 3.05) is 13.1 Å². The van der Waals surface area contributed by atoms with Crippen molar-refractivity contribution in [1.82, 2.24) is 20.0 Å². The van der Waals surface area contributed by atoms with Gasteiger partial charge in [-0.1, -0.05) is 37.3 Å². The van der Waals surface area contributed by atoms with Gasteiger partial charge in [-0.2, -0.15) is 4.31 Å². The molecule has 4 rings (SSSR count). The van der Waals surface area contributed by atoms with E-state index >= 15 is 0 Å². The molecule has 3 aromatic rings. The number of rotatable bonds is 13. The number of nitrogens with zero attached hydrogens (tertiary/aromatic N) is 2. The van der Waals surface area contributed by atoms with E-state index in [1.54, 1.807) is 34.0 Å². The van der Waals surface area contributed by atoms with E-state index in [0.717, 1.165) is 33.1 Å². The first-order chi connectivity index (χ1) is 21.0. The Balaban J connectivity index is 1.63. The first-order valence-corrected chi connectivity index (χ1v) is 17.4. The Morgan fingerprint density at radius 1 is 1.25 bits per heavy atom. The van der Waals surface area contributed by atoms with E-state index in [2.05, 4.69) is 28.7 Å². The Hall–Kier alpha value is -3.25. The number of fused-ring (bicyclic) bond motifs is 1. The van der Waals surface area contributed by atoms with E-state index in [0.29, 0.717) is 31.5 Å². The lowest BCUT2D eigenvalue weighted by Gasteiger charge is -2.32. The van der Waals surface area contributed by atoms with E-state index in [1.165, 1.54) is 0 Å². The number of sulfonamides is 1. The van der Waals surface area contributed by atoms with Crippen LogP contribution in [0.1, 0.15) is 73.0 Å². The minimum atomic E-state index is -3.72. The average Bonchev–Trinajstić information content (AvgIpc) is 3.32. The minimum absolute atomic E-state index is 0.121. The molecule has 1 aliphatic heterocycles. The first-order valence-electron chi connectivity index (χ1n) is 15.1. The number of nitrogens with one attached hydrogen (secondary N) is 2. The van der Waals surface area contributed by atoms with Gasteiger partial charge >= 0.3 is 5.97 Å². The summed E-state index contributed by atoms with van der Waals surface area (Å²) in [4.78, 5) is 20.3. The number of allylic oxidation sites excluding steroid dienone is 1. The molecule has 2 aromatic heterocycles. The summed E-state index contributed by atoms with van der Waals surface area (Å²) in [5.41, 5.74) is 5.22. The molecule has 4 N–H and O–H groups in total. The summed E-state index contributed by atoms with van der Waals surface area (Å²) < 4.78 is 34.9. The molecule has 3 heterocycles. The average molecular weight is 640 g/mol. The summed E-state index contributed by atoms with van der Waals surface area (Å²) in [7, 11) is -3.72. The van der Waals surface area contributed by atoms with Gasteiger partial charge in [0.15, 0.2) is 0 Å². The number of carbonyl (C=O) groups is 1. The topological polar surface area (TPSA) is 127 Å². The molecule has 0 spiro atoms. The number of ether oxygens (including phenoxy) is 1. The van der Waals surface area contributed by atoms with E-state index in [1.807, 2.05) is 64.2 Å². The molecule has 0 aliphatic carbocycles. The molecule has 0 bridgehead atoms. The number of carbonyl (C=O) groups excluding carboxylic acids is 1. The highest BCUT2D eigenvalue weighted by Gasteiger charge is 2.41. The number of nitrogens with two attached hydrogens (primary N) is 1. The SMILES string of the molecule is CCN/C=C(/CC[C@H](c1cc(CN2C[C@@H](C)Cc3ncccc3S2(=O)=O)c(C)s1)C(C)(C)C(=O)OCc1ccccc1)NN. The third-order valence-corrected chi connectivity index (χ3v) is 11.3. The van der Waals surface area contributed by atoms with Gasteiger partial charge in [0, 0.05) is 53.4 Å². The van der Waals surface area contributed by atoms with Crippen LogP contribution in [0.3, 0.4) is 0 Å². The van der Waals surface area contributed by atoms with E-state index in [4.69, 9.17) is 10.6 Å². The van der Waals surface area contributed by atoms with Crippen molar-refractivity contribution in [3.8, 4) is 0 Å². The second-order valence-corrected chi connectivity index (χ2v) is 15.2. The summed E-state index contributed by atoms with van der Waals surface area (Å²) in [6.45, 7) is 11.6. The molecule has 0 fully saturated rings. The molecule has 0 saturated carbocycles. The van der Waals surface area contributed by atoms with Crippen LogP contribution in [0.2, 0.25) is 0 Å². The van der Waals surface area contributed by atoms with Gasteiger partial charge in [0.2, 0.25) is 10.0 Å². The standard InChI is InChI=1S/C33H45N5O4S2/c1-6-35-19-27(37-34)14-15-28(33(4,5)32(39)42-22-25-11-8-7-9-12-25)30-18-26(24(3)43-30)21-38-20-23(2)17-29-31(44(38,40)41)13-10-16-36-29/h7-13,16,18-19,23,28,35,37H,6,14-15,17,20-22,34H2,1-5H3/b27-19-/t23-,28+/m0/s1. The lowest BCUT2D eigenvalue weighted by Crippen LogP contribution is -2.34. The fraction of sp³-hybridized carbons (Fsp3) is 0.455. The van der Waals surface area contributed by atoms with Crippen molar-refractivity contribution >= 4 is 27.3 Å². The summed E-state index contributed by atoms with van der Waals surface area (Å²) in [6, 6.07) is 15.0. The van der Waals surface area contributed by atoms with Crippen LogP contribution in [-0.2, 0) is 39.1 Å². The second kappa shape index (κ2) is 14.7. The Labute approximate surface area is 265 Å². The fourth-order valence-corrected chi connectivity index (χ4v) is 8.71. The van der Waals surface area contributed by atoms with Gasteiger partial charge in [-0.3, -0.25) is 15.6 Å². The largest absolute Gasteiger partial charge is 0.460 e. The summed E-state index contributed by atoms with van der Waals surface area (Å²) >= 11 is 1.61. The molecule has 11 heteroatoms. The van der Waals surface area contributed by atoms with Gasteiger partial charge in [-0.15, -0.1) is 11.3 Å². The fourth-order valence-electron chi connectivity index (χ4n) is 5.63. The van der Waals surface area contributed by atoms with Crippen molar-refractivity contribution in [2.45, 2.75) is 77.8 Å². The van der Waals surface area contributed by atoms with E-state index in [-0.39, 0.29) is 35.9 Å². The van der Waals surface area contributed by atoms with Gasteiger partial charge in [0.05, 0.1) is 11.1 Å². The third-order valence-electron chi connectivity index (χ3n) is 8.23. The number of benzene rings is 1. The van der Waals surface area contributed by atoms with Crippen LogP contribution in [0.5, 0.6) is 0 Å². The second-order valence-electron chi connectivity index (χ2n) is 12.0. The summed E-state index contributed by atoms with van der Waals surface area (Å²) in [5.74, 6) is 5.45. The zero-order chi connectivity index (χ0) is 31.9. The highest BCUT2D eigenvalue weighted by atomic mass is 32.2.